The zero-order valence-corrected chi connectivity index (χ0v) is 32.9. The lowest BCUT2D eigenvalue weighted by molar-refractivity contribution is 0.596. The number of hydrogen-bond donors (Lipinski definition) is 3. The van der Waals surface area contributed by atoms with Gasteiger partial charge in [-0.1, -0.05) is 163 Å². The summed E-state index contributed by atoms with van der Waals surface area (Å²) in [6.07, 6.45) is 10.7. The average Bonchev–Trinajstić information content (AvgIpc) is 4.09. The van der Waals surface area contributed by atoms with E-state index < -0.39 is 0 Å². The number of aromatic nitrogens is 6. The van der Waals surface area contributed by atoms with E-state index in [1.54, 1.807) is 38.2 Å². The zero-order chi connectivity index (χ0) is 40.1. The van der Waals surface area contributed by atoms with E-state index in [-0.39, 0.29) is 23.6 Å². The molecule has 0 aliphatic carbocycles. The Morgan fingerprint density at radius 1 is 0.397 bits per heavy atom. The second-order valence-electron chi connectivity index (χ2n) is 14.3. The van der Waals surface area contributed by atoms with Crippen molar-refractivity contribution in [2.45, 2.75) is 38.5 Å². The largest absolute Gasteiger partial charge is 0.348 e. The molecule has 6 aromatic carbocycles. The molecule has 0 spiro atoms. The Labute approximate surface area is 340 Å². The van der Waals surface area contributed by atoms with E-state index in [4.69, 9.17) is 0 Å². The number of nitrogens with zero attached hydrogens (tertiary/aromatic N) is 3. The van der Waals surface area contributed by atoms with Crippen molar-refractivity contribution in [3.05, 3.63) is 268 Å². The third-order valence-electron chi connectivity index (χ3n) is 10.3. The minimum absolute atomic E-state index is 0.157. The molecule has 3 heterocycles. The molecule has 7 heteroatoms. The third-order valence-corrected chi connectivity index (χ3v) is 10.3. The van der Waals surface area contributed by atoms with Gasteiger partial charge in [0.15, 0.2) is 0 Å². The summed E-state index contributed by atoms with van der Waals surface area (Å²) in [5.41, 5.74) is 13.2. The summed E-state index contributed by atoms with van der Waals surface area (Å²) in [5, 5.41) is 0. The van der Waals surface area contributed by atoms with E-state index in [1.807, 2.05) is 67.0 Å². The zero-order valence-electron chi connectivity index (χ0n) is 32.9. The van der Waals surface area contributed by atoms with Crippen molar-refractivity contribution in [1.82, 2.24) is 29.9 Å². The van der Waals surface area contributed by atoms with Gasteiger partial charge in [-0.15, -0.1) is 0 Å². The van der Waals surface area contributed by atoms with Gasteiger partial charge in [0.2, 0.25) is 0 Å². The summed E-state index contributed by atoms with van der Waals surface area (Å²) in [7, 11) is 0. The van der Waals surface area contributed by atoms with Crippen LogP contribution in [0, 0.1) is 26.6 Å². The lowest BCUT2D eigenvalue weighted by Gasteiger charge is -2.18. The summed E-state index contributed by atoms with van der Waals surface area (Å²) < 4.78 is 14.5. The van der Waals surface area contributed by atoms with Gasteiger partial charge in [-0.2, -0.15) is 0 Å². The van der Waals surface area contributed by atoms with Crippen LogP contribution in [-0.2, 0) is 0 Å². The molecule has 3 aromatic heterocycles. The monoisotopic (exact) mass is 762 g/mol. The standard InChI is InChI=1S/C17H15FN2.2C17H16N2/c1-12-6-5-9-14(17(12)18)16(15-10-19-11-20-15)13-7-3-2-4-8-13;1-13-7-5-6-10-15(13)17(16-11-18-12-19-16)14-8-3-2-4-9-14;1-13-6-5-9-15(10-13)17(16-11-18-12-19-16)14-7-3-2-4-8-14/h2-11,16H,1H3,(H,19,20);2*2-12,17H,1H3,(H,18,19). The number of hydrogen-bond acceptors (Lipinski definition) is 3. The van der Waals surface area contributed by atoms with Crippen LogP contribution in [0.3, 0.4) is 0 Å². The second-order valence-corrected chi connectivity index (χ2v) is 14.3. The molecular weight excluding hydrogens is 716 g/mol. The minimum atomic E-state index is -0.168. The maximum absolute atomic E-state index is 14.5. The SMILES string of the molecule is Cc1cccc(C(c2ccccc2)c2cnc[nH]2)c1.Cc1cccc(C(c2ccccc2)c2cnc[nH]2)c1F.Cc1ccccc1C(c1ccccc1)c1cnc[nH]1. The van der Waals surface area contributed by atoms with Crippen molar-refractivity contribution in [2.24, 2.45) is 0 Å². The highest BCUT2D eigenvalue weighted by atomic mass is 19.1. The summed E-state index contributed by atoms with van der Waals surface area (Å²) in [6, 6.07) is 53.6. The lowest BCUT2D eigenvalue weighted by atomic mass is 9.86. The van der Waals surface area contributed by atoms with Gasteiger partial charge in [0, 0.05) is 41.2 Å². The van der Waals surface area contributed by atoms with Crippen LogP contribution in [0.2, 0.25) is 0 Å². The first-order valence-electron chi connectivity index (χ1n) is 19.4. The fourth-order valence-electron chi connectivity index (χ4n) is 7.47. The molecule has 3 atom stereocenters. The maximum Gasteiger partial charge on any atom is 0.130 e. The Hall–Kier alpha value is -7.12. The van der Waals surface area contributed by atoms with Crippen LogP contribution >= 0.6 is 0 Å². The molecule has 0 saturated heterocycles. The first-order valence-corrected chi connectivity index (χ1v) is 19.4. The van der Waals surface area contributed by atoms with Crippen LogP contribution in [-0.4, -0.2) is 29.9 Å². The van der Waals surface area contributed by atoms with Crippen molar-refractivity contribution < 1.29 is 4.39 Å². The topological polar surface area (TPSA) is 86.0 Å². The number of benzene rings is 6. The van der Waals surface area contributed by atoms with Crippen molar-refractivity contribution in [1.29, 1.82) is 0 Å². The number of H-pyrrole nitrogens is 3. The van der Waals surface area contributed by atoms with Gasteiger partial charge in [-0.05, 0) is 59.7 Å². The molecule has 0 radical (unpaired) electrons. The van der Waals surface area contributed by atoms with Crippen LogP contribution in [0.25, 0.3) is 0 Å². The molecule has 58 heavy (non-hydrogen) atoms. The quantitative estimate of drug-likeness (QED) is 0.137. The molecular formula is C51H47FN6. The van der Waals surface area contributed by atoms with Crippen molar-refractivity contribution in [3.63, 3.8) is 0 Å². The third kappa shape index (κ3) is 9.45. The summed E-state index contributed by atoms with van der Waals surface area (Å²) in [5.74, 6) is 0.100. The van der Waals surface area contributed by atoms with Crippen molar-refractivity contribution >= 4 is 0 Å². The number of aryl methyl sites for hydroxylation is 3. The van der Waals surface area contributed by atoms with Crippen molar-refractivity contribution in [3.8, 4) is 0 Å². The normalized spacial score (nSPS) is 12.3. The number of aromatic amines is 3. The number of halogens is 1. The molecule has 0 saturated carbocycles. The van der Waals surface area contributed by atoms with Gasteiger partial charge < -0.3 is 15.0 Å². The summed E-state index contributed by atoms with van der Waals surface area (Å²) in [6.45, 7) is 6.06. The van der Waals surface area contributed by atoms with Crippen LogP contribution in [0.15, 0.2) is 195 Å². The molecule has 0 fully saturated rings. The Morgan fingerprint density at radius 3 is 1.28 bits per heavy atom. The Kier molecular flexibility index (Phi) is 12.9. The molecule has 0 aliphatic rings. The highest BCUT2D eigenvalue weighted by Crippen LogP contribution is 2.34. The first-order chi connectivity index (χ1) is 28.5. The predicted octanol–water partition coefficient (Wildman–Crippen LogP) is 11.8. The molecule has 0 amide bonds. The first kappa shape index (κ1) is 39.1. The Balaban J connectivity index is 0.000000132. The molecule has 0 aliphatic heterocycles. The summed E-state index contributed by atoms with van der Waals surface area (Å²) in [4.78, 5) is 22.0. The minimum Gasteiger partial charge on any atom is -0.348 e. The molecule has 288 valence electrons. The molecule has 0 bridgehead atoms. The molecule has 3 unspecified atom stereocenters. The van der Waals surface area contributed by atoms with Gasteiger partial charge in [0.05, 0.1) is 36.7 Å². The van der Waals surface area contributed by atoms with Gasteiger partial charge >= 0.3 is 0 Å². The number of rotatable bonds is 9. The highest BCUT2D eigenvalue weighted by molar-refractivity contribution is 5.45. The molecule has 6 nitrogen and oxygen atoms in total. The summed E-state index contributed by atoms with van der Waals surface area (Å²) >= 11 is 0. The van der Waals surface area contributed by atoms with Crippen LogP contribution in [0.4, 0.5) is 4.39 Å². The van der Waals surface area contributed by atoms with Gasteiger partial charge in [0.1, 0.15) is 5.82 Å². The van der Waals surface area contributed by atoms with Crippen LogP contribution in [0.5, 0.6) is 0 Å². The average molecular weight is 763 g/mol. The predicted molar refractivity (Wildman–Crippen MR) is 231 cm³/mol. The van der Waals surface area contributed by atoms with E-state index >= 15 is 0 Å². The van der Waals surface area contributed by atoms with Gasteiger partial charge in [-0.3, -0.25) is 0 Å². The highest BCUT2D eigenvalue weighted by Gasteiger charge is 2.22. The van der Waals surface area contributed by atoms with E-state index in [0.29, 0.717) is 11.1 Å². The maximum atomic E-state index is 14.5. The Bertz CT molecular complexity index is 2550. The van der Waals surface area contributed by atoms with Crippen LogP contribution < -0.4 is 0 Å². The molecule has 9 rings (SSSR count). The number of nitrogens with one attached hydrogen (secondary N) is 3. The smallest absolute Gasteiger partial charge is 0.130 e. The van der Waals surface area contributed by atoms with E-state index in [9.17, 15) is 4.39 Å². The second kappa shape index (κ2) is 19.2. The number of imidazole rings is 3. The van der Waals surface area contributed by atoms with Gasteiger partial charge in [0.25, 0.3) is 0 Å². The van der Waals surface area contributed by atoms with Gasteiger partial charge in [-0.25, -0.2) is 19.3 Å². The molecule has 9 aromatic rings. The fraction of sp³-hybridized carbons (Fsp3) is 0.118. The van der Waals surface area contributed by atoms with Crippen molar-refractivity contribution in [2.75, 3.05) is 0 Å². The van der Waals surface area contributed by atoms with E-state index in [0.717, 1.165) is 22.6 Å². The molecule has 3 N–H and O–H groups in total. The lowest BCUT2D eigenvalue weighted by Crippen LogP contribution is -2.07. The van der Waals surface area contributed by atoms with E-state index in [2.05, 4.69) is 141 Å². The van der Waals surface area contributed by atoms with Crippen LogP contribution in [0.1, 0.15) is 84.9 Å². The Morgan fingerprint density at radius 2 is 0.793 bits per heavy atom. The van der Waals surface area contributed by atoms with E-state index in [1.165, 1.54) is 33.4 Å². The fourth-order valence-corrected chi connectivity index (χ4v) is 7.47.